The molecule has 1 aromatic heterocycles. The number of anilines is 1. The van der Waals surface area contributed by atoms with Crippen LogP contribution in [0.1, 0.15) is 67.5 Å². The van der Waals surface area contributed by atoms with Crippen molar-refractivity contribution in [3.8, 4) is 0 Å². The molecule has 1 aromatic carbocycles. The predicted octanol–water partition coefficient (Wildman–Crippen LogP) is 5.54. The van der Waals surface area contributed by atoms with Crippen LogP contribution in [0.4, 0.5) is 5.69 Å². The number of carbonyl (C=O) groups is 1. The number of nitrogens with zero attached hydrogens (tertiary/aromatic N) is 2. The molecule has 0 unspecified atom stereocenters. The number of carbonyl (C=O) groups excluding carboxylic acids is 1. The lowest BCUT2D eigenvalue weighted by atomic mass is 9.74. The third kappa shape index (κ3) is 4.24. The highest BCUT2D eigenvalue weighted by atomic mass is 35.5. The summed E-state index contributed by atoms with van der Waals surface area (Å²) in [6.45, 7) is 6.82. The summed E-state index contributed by atoms with van der Waals surface area (Å²) in [4.78, 5) is 17.5. The first-order valence-corrected chi connectivity index (χ1v) is 12.7. The number of benzene rings is 1. The number of nitrogens with one attached hydrogen (secondary N) is 2. The molecule has 5 rings (SSSR count). The van der Waals surface area contributed by atoms with E-state index in [2.05, 4.69) is 36.2 Å². The summed E-state index contributed by atoms with van der Waals surface area (Å²) in [6, 6.07) is 3.79. The van der Waals surface area contributed by atoms with Gasteiger partial charge in [-0.1, -0.05) is 37.4 Å². The molecule has 2 N–H and O–H groups in total. The Kier molecular flexibility index (Phi) is 6.08. The standard InChI is InChI=1S/C26H35ClN4O2/c1-17-28-23-20(27)15-19-16-21(25(32)31-13-8-18(9-14-31)7-12-30(2)3)33-24(19)22(23)26(29-17)10-5-4-6-11-26/h15-16,18,28-29H,1,4-14H2,2-3H3. The van der Waals surface area contributed by atoms with E-state index in [0.717, 1.165) is 86.2 Å². The van der Waals surface area contributed by atoms with Gasteiger partial charge in [-0.05, 0) is 70.8 Å². The van der Waals surface area contributed by atoms with Gasteiger partial charge in [0.15, 0.2) is 5.76 Å². The van der Waals surface area contributed by atoms with E-state index in [-0.39, 0.29) is 11.4 Å². The molecule has 0 atom stereocenters. The summed E-state index contributed by atoms with van der Waals surface area (Å²) in [5, 5.41) is 8.47. The molecule has 1 saturated heterocycles. The van der Waals surface area contributed by atoms with Crippen LogP contribution >= 0.6 is 11.6 Å². The van der Waals surface area contributed by atoms with Crippen molar-refractivity contribution in [1.29, 1.82) is 0 Å². The molecular formula is C26H35ClN4O2. The first-order chi connectivity index (χ1) is 15.9. The summed E-state index contributed by atoms with van der Waals surface area (Å²) < 4.78 is 6.34. The van der Waals surface area contributed by atoms with Gasteiger partial charge >= 0.3 is 0 Å². The second-order valence-electron chi connectivity index (χ2n) is 10.3. The van der Waals surface area contributed by atoms with Gasteiger partial charge in [0, 0.05) is 24.0 Å². The average molecular weight is 471 g/mol. The molecule has 2 fully saturated rings. The summed E-state index contributed by atoms with van der Waals surface area (Å²) in [5.74, 6) is 1.86. The van der Waals surface area contributed by atoms with Gasteiger partial charge in [0.05, 0.1) is 22.1 Å². The lowest BCUT2D eigenvalue weighted by molar-refractivity contribution is 0.0653. The van der Waals surface area contributed by atoms with Crippen molar-refractivity contribution in [2.45, 2.75) is 56.9 Å². The number of hydrogen-bond donors (Lipinski definition) is 2. The highest BCUT2D eigenvalue weighted by molar-refractivity contribution is 6.34. The zero-order valence-corrected chi connectivity index (χ0v) is 20.6. The van der Waals surface area contributed by atoms with Gasteiger partial charge in [0.25, 0.3) is 5.91 Å². The number of furan rings is 1. The number of halogens is 1. The van der Waals surface area contributed by atoms with Crippen LogP contribution in [0.2, 0.25) is 5.02 Å². The molecule has 3 heterocycles. The third-order valence-corrected chi connectivity index (χ3v) is 8.01. The fraction of sp³-hybridized carbons (Fsp3) is 0.577. The van der Waals surface area contributed by atoms with Crippen LogP contribution < -0.4 is 10.6 Å². The molecule has 1 amide bonds. The van der Waals surface area contributed by atoms with Crippen LogP contribution in [0.3, 0.4) is 0 Å². The number of amides is 1. The van der Waals surface area contributed by atoms with E-state index in [1.54, 1.807) is 0 Å². The summed E-state index contributed by atoms with van der Waals surface area (Å²) in [6.07, 6.45) is 8.82. The SMILES string of the molecule is C=C1Nc2c(Cl)cc3cc(C(=O)N4CCC(CCN(C)C)CC4)oc3c2C2(CCCCC2)N1. The molecule has 2 aromatic rings. The minimum atomic E-state index is -0.248. The molecule has 0 radical (unpaired) electrons. The molecule has 178 valence electrons. The maximum Gasteiger partial charge on any atom is 0.289 e. The molecule has 1 spiro atoms. The van der Waals surface area contributed by atoms with Crippen LogP contribution in [-0.4, -0.2) is 49.4 Å². The molecule has 6 nitrogen and oxygen atoms in total. The van der Waals surface area contributed by atoms with E-state index in [1.165, 1.54) is 12.8 Å². The van der Waals surface area contributed by atoms with Crippen LogP contribution in [0.5, 0.6) is 0 Å². The van der Waals surface area contributed by atoms with Crippen molar-refractivity contribution >= 4 is 34.2 Å². The summed E-state index contributed by atoms with van der Waals surface area (Å²) in [7, 11) is 4.23. The van der Waals surface area contributed by atoms with Gasteiger partial charge in [-0.3, -0.25) is 4.79 Å². The van der Waals surface area contributed by atoms with E-state index in [9.17, 15) is 4.79 Å². The van der Waals surface area contributed by atoms with Crippen molar-refractivity contribution in [3.05, 3.63) is 40.9 Å². The minimum absolute atomic E-state index is 0.0130. The Morgan fingerprint density at radius 3 is 2.67 bits per heavy atom. The third-order valence-electron chi connectivity index (χ3n) is 7.71. The molecule has 1 aliphatic carbocycles. The number of piperidine rings is 1. The van der Waals surface area contributed by atoms with Crippen molar-refractivity contribution in [1.82, 2.24) is 15.1 Å². The van der Waals surface area contributed by atoms with E-state index in [1.807, 2.05) is 17.0 Å². The Balaban J connectivity index is 1.43. The van der Waals surface area contributed by atoms with Gasteiger partial charge < -0.3 is 24.9 Å². The molecule has 2 aliphatic heterocycles. The van der Waals surface area contributed by atoms with Crippen molar-refractivity contribution in [2.75, 3.05) is 39.0 Å². The van der Waals surface area contributed by atoms with Crippen LogP contribution in [-0.2, 0) is 5.54 Å². The Bertz CT molecular complexity index is 1060. The summed E-state index contributed by atoms with van der Waals surface area (Å²) in [5.41, 5.74) is 2.44. The minimum Gasteiger partial charge on any atom is -0.450 e. The van der Waals surface area contributed by atoms with Gasteiger partial charge in [-0.25, -0.2) is 0 Å². The zero-order valence-electron chi connectivity index (χ0n) is 19.8. The number of hydrogen-bond acceptors (Lipinski definition) is 5. The van der Waals surface area contributed by atoms with Crippen molar-refractivity contribution in [3.63, 3.8) is 0 Å². The maximum absolute atomic E-state index is 13.4. The topological polar surface area (TPSA) is 60.8 Å². The fourth-order valence-electron chi connectivity index (χ4n) is 5.92. The molecule has 7 heteroatoms. The fourth-order valence-corrected chi connectivity index (χ4v) is 6.18. The predicted molar refractivity (Wildman–Crippen MR) is 134 cm³/mol. The van der Waals surface area contributed by atoms with E-state index in [4.69, 9.17) is 16.0 Å². The van der Waals surface area contributed by atoms with Gasteiger partial charge in [-0.2, -0.15) is 0 Å². The smallest absolute Gasteiger partial charge is 0.289 e. The van der Waals surface area contributed by atoms with E-state index in [0.29, 0.717) is 16.7 Å². The zero-order chi connectivity index (χ0) is 23.2. The van der Waals surface area contributed by atoms with E-state index < -0.39 is 0 Å². The molecule has 3 aliphatic rings. The second kappa shape index (κ2) is 8.88. The Morgan fingerprint density at radius 1 is 1.24 bits per heavy atom. The van der Waals surface area contributed by atoms with Gasteiger partial charge in [0.1, 0.15) is 5.58 Å². The first-order valence-electron chi connectivity index (χ1n) is 12.3. The number of likely N-dealkylation sites (tertiary alicyclic amines) is 1. The largest absolute Gasteiger partial charge is 0.450 e. The molecule has 1 saturated carbocycles. The van der Waals surface area contributed by atoms with Gasteiger partial charge in [0.2, 0.25) is 0 Å². The maximum atomic E-state index is 13.4. The molecule has 0 bridgehead atoms. The van der Waals surface area contributed by atoms with Crippen LogP contribution in [0, 0.1) is 5.92 Å². The Labute approximate surface area is 201 Å². The normalized spacial score (nSPS) is 20.7. The number of rotatable bonds is 4. The lowest BCUT2D eigenvalue weighted by Gasteiger charge is -2.44. The molecule has 33 heavy (non-hydrogen) atoms. The number of fused-ring (bicyclic) bond motifs is 4. The highest BCUT2D eigenvalue weighted by Gasteiger charge is 2.42. The lowest BCUT2D eigenvalue weighted by Crippen LogP contribution is -2.48. The quantitative estimate of drug-likeness (QED) is 0.614. The van der Waals surface area contributed by atoms with Crippen molar-refractivity contribution in [2.24, 2.45) is 5.92 Å². The molecular weight excluding hydrogens is 436 g/mol. The monoisotopic (exact) mass is 470 g/mol. The highest BCUT2D eigenvalue weighted by Crippen LogP contribution is 2.49. The average Bonchev–Trinajstić information content (AvgIpc) is 3.21. The van der Waals surface area contributed by atoms with E-state index >= 15 is 0 Å². The second-order valence-corrected chi connectivity index (χ2v) is 10.7. The van der Waals surface area contributed by atoms with Crippen LogP contribution in [0.15, 0.2) is 28.9 Å². The van der Waals surface area contributed by atoms with Gasteiger partial charge in [-0.15, -0.1) is 0 Å². The first kappa shape index (κ1) is 22.6. The van der Waals surface area contributed by atoms with Crippen molar-refractivity contribution < 1.29 is 9.21 Å². The summed E-state index contributed by atoms with van der Waals surface area (Å²) >= 11 is 6.72. The Morgan fingerprint density at radius 2 is 1.97 bits per heavy atom. The Hall–Kier alpha value is -2.18. The van der Waals surface area contributed by atoms with Crippen LogP contribution in [0.25, 0.3) is 11.0 Å².